The van der Waals surface area contributed by atoms with Crippen LogP contribution in [0.4, 0.5) is 5.69 Å². The monoisotopic (exact) mass is 678 g/mol. The summed E-state index contributed by atoms with van der Waals surface area (Å²) in [6.07, 6.45) is 1.55. The Balaban J connectivity index is 1.46. The van der Waals surface area contributed by atoms with E-state index in [0.717, 1.165) is 28.2 Å². The van der Waals surface area contributed by atoms with Gasteiger partial charge in [-0.05, 0) is 87.0 Å². The maximum atomic E-state index is 14.0. The summed E-state index contributed by atoms with van der Waals surface area (Å²) < 4.78 is 31.3. The van der Waals surface area contributed by atoms with Crippen molar-refractivity contribution in [2.75, 3.05) is 4.31 Å². The van der Waals surface area contributed by atoms with Crippen LogP contribution in [0, 0.1) is 20.8 Å². The second kappa shape index (κ2) is 13.5. The highest BCUT2D eigenvalue weighted by Crippen LogP contribution is 2.30. The number of carbonyl (C=O) groups is 1. The number of hydrazone groups is 1. The molecule has 45 heavy (non-hydrogen) atoms. The van der Waals surface area contributed by atoms with Gasteiger partial charge in [-0.3, -0.25) is 9.10 Å². The molecule has 0 saturated heterocycles. The van der Waals surface area contributed by atoms with Crippen LogP contribution in [0.1, 0.15) is 38.4 Å². The first kappa shape index (κ1) is 32.3. The first-order chi connectivity index (χ1) is 21.5. The second-order valence-corrected chi connectivity index (χ2v) is 13.5. The molecule has 0 unspecified atom stereocenters. The number of aromatic nitrogens is 1. The van der Waals surface area contributed by atoms with Gasteiger partial charge in [0, 0.05) is 27.7 Å². The van der Waals surface area contributed by atoms with Gasteiger partial charge in [-0.1, -0.05) is 76.8 Å². The van der Waals surface area contributed by atoms with Crippen LogP contribution >= 0.6 is 34.8 Å². The Morgan fingerprint density at radius 1 is 0.867 bits per heavy atom. The minimum absolute atomic E-state index is 0.0261. The van der Waals surface area contributed by atoms with Crippen LogP contribution in [0.5, 0.6) is 0 Å². The summed E-state index contributed by atoms with van der Waals surface area (Å²) in [6.45, 7) is 5.73. The van der Waals surface area contributed by atoms with Gasteiger partial charge in [0.1, 0.15) is 0 Å². The Kier molecular flexibility index (Phi) is 9.70. The molecule has 1 amide bonds. The van der Waals surface area contributed by atoms with E-state index in [1.807, 2.05) is 37.5 Å². The summed E-state index contributed by atoms with van der Waals surface area (Å²) in [6, 6.07) is 27.3. The minimum atomic E-state index is -4.08. The van der Waals surface area contributed by atoms with Crippen molar-refractivity contribution in [1.82, 2.24) is 9.99 Å². The molecule has 0 aliphatic carbocycles. The van der Waals surface area contributed by atoms with E-state index in [1.165, 1.54) is 4.31 Å². The molecule has 5 rings (SSSR count). The average molecular weight is 680 g/mol. The van der Waals surface area contributed by atoms with E-state index in [0.29, 0.717) is 20.6 Å². The SMILES string of the molecule is Cc1ccc(S(=O)(=O)N(Cc2ccc(Cl)cc2)c2ccccc2C(=O)N/N=C\c2cc(C)n(-c3ccc(Cl)c(Cl)c3)c2C)cc1. The van der Waals surface area contributed by atoms with Crippen LogP contribution in [0.2, 0.25) is 15.1 Å². The number of para-hydroxylation sites is 1. The predicted octanol–water partition coefficient (Wildman–Crippen LogP) is 8.52. The molecule has 0 bridgehead atoms. The zero-order valence-electron chi connectivity index (χ0n) is 24.6. The van der Waals surface area contributed by atoms with Crippen molar-refractivity contribution < 1.29 is 13.2 Å². The molecule has 5 aromatic rings. The van der Waals surface area contributed by atoms with E-state index in [2.05, 4.69) is 10.5 Å². The molecule has 1 heterocycles. The number of nitrogens with zero attached hydrogens (tertiary/aromatic N) is 3. The van der Waals surface area contributed by atoms with Crippen molar-refractivity contribution >= 4 is 62.6 Å². The smallest absolute Gasteiger partial charge is 0.273 e. The van der Waals surface area contributed by atoms with E-state index in [1.54, 1.807) is 91.1 Å². The van der Waals surface area contributed by atoms with Gasteiger partial charge < -0.3 is 4.57 Å². The number of rotatable bonds is 9. The third kappa shape index (κ3) is 7.10. The number of hydrogen-bond donors (Lipinski definition) is 1. The van der Waals surface area contributed by atoms with Gasteiger partial charge in [-0.15, -0.1) is 0 Å². The van der Waals surface area contributed by atoms with Crippen molar-refractivity contribution in [2.24, 2.45) is 5.10 Å². The van der Waals surface area contributed by atoms with E-state index >= 15 is 0 Å². The maximum absolute atomic E-state index is 14.0. The Morgan fingerprint density at radius 2 is 1.56 bits per heavy atom. The summed E-state index contributed by atoms with van der Waals surface area (Å²) in [7, 11) is -4.08. The second-order valence-electron chi connectivity index (χ2n) is 10.4. The molecule has 0 radical (unpaired) electrons. The van der Waals surface area contributed by atoms with Crippen LogP contribution < -0.4 is 9.73 Å². The topological polar surface area (TPSA) is 83.8 Å². The van der Waals surface area contributed by atoms with E-state index in [9.17, 15) is 13.2 Å². The van der Waals surface area contributed by atoms with Gasteiger partial charge in [0.25, 0.3) is 15.9 Å². The molecule has 1 aromatic heterocycles. The lowest BCUT2D eigenvalue weighted by molar-refractivity contribution is 0.0955. The zero-order valence-corrected chi connectivity index (χ0v) is 27.7. The number of sulfonamides is 1. The predicted molar refractivity (Wildman–Crippen MR) is 183 cm³/mol. The van der Waals surface area contributed by atoms with Crippen LogP contribution in [0.15, 0.2) is 107 Å². The van der Waals surface area contributed by atoms with Gasteiger partial charge in [0.2, 0.25) is 0 Å². The third-order valence-corrected chi connectivity index (χ3v) is 10.0. The summed E-state index contributed by atoms with van der Waals surface area (Å²) >= 11 is 18.4. The quantitative estimate of drug-likeness (QED) is 0.125. The van der Waals surface area contributed by atoms with E-state index in [-0.39, 0.29) is 22.7 Å². The fraction of sp³-hybridized carbons (Fsp3) is 0.118. The van der Waals surface area contributed by atoms with Crippen molar-refractivity contribution in [3.05, 3.63) is 146 Å². The molecule has 0 aliphatic rings. The first-order valence-electron chi connectivity index (χ1n) is 13.9. The first-order valence-corrected chi connectivity index (χ1v) is 16.4. The zero-order chi connectivity index (χ0) is 32.3. The van der Waals surface area contributed by atoms with Gasteiger partial charge >= 0.3 is 0 Å². The fourth-order valence-corrected chi connectivity index (χ4v) is 6.83. The van der Waals surface area contributed by atoms with Gasteiger partial charge in [0.15, 0.2) is 0 Å². The molecule has 0 atom stereocenters. The number of hydrogen-bond acceptors (Lipinski definition) is 4. The molecule has 0 spiro atoms. The number of anilines is 1. The highest BCUT2D eigenvalue weighted by atomic mass is 35.5. The molecule has 230 valence electrons. The summed E-state index contributed by atoms with van der Waals surface area (Å²) in [5.74, 6) is -0.569. The van der Waals surface area contributed by atoms with Crippen LogP contribution in [-0.4, -0.2) is 25.1 Å². The molecule has 7 nitrogen and oxygen atoms in total. The summed E-state index contributed by atoms with van der Waals surface area (Å²) in [4.78, 5) is 13.6. The number of nitrogens with one attached hydrogen (secondary N) is 1. The Morgan fingerprint density at radius 3 is 2.24 bits per heavy atom. The van der Waals surface area contributed by atoms with Crippen LogP contribution in [0.3, 0.4) is 0 Å². The Bertz CT molecular complexity index is 2010. The highest BCUT2D eigenvalue weighted by Gasteiger charge is 2.28. The lowest BCUT2D eigenvalue weighted by atomic mass is 10.1. The summed E-state index contributed by atoms with van der Waals surface area (Å²) in [5, 5.41) is 5.65. The van der Waals surface area contributed by atoms with Crippen molar-refractivity contribution in [3.8, 4) is 5.69 Å². The standard InChI is InChI=1S/C34H29Cl3N4O3S/c1-22-8-15-29(16-9-22)45(43,44)40(21-25-10-12-27(35)13-11-25)33-7-5-4-6-30(33)34(42)39-38-20-26-18-23(2)41(24(26)3)28-14-17-31(36)32(37)19-28/h4-20H,21H2,1-3H3,(H,39,42)/b38-20-. The molecule has 0 aliphatic heterocycles. The van der Waals surface area contributed by atoms with Gasteiger partial charge in [0.05, 0.1) is 39.0 Å². The van der Waals surface area contributed by atoms with Gasteiger partial charge in [-0.25, -0.2) is 13.8 Å². The van der Waals surface area contributed by atoms with E-state index in [4.69, 9.17) is 34.8 Å². The lowest BCUT2D eigenvalue weighted by Gasteiger charge is -2.26. The fourth-order valence-electron chi connectivity index (χ4n) is 4.94. The number of benzene rings is 4. The van der Waals surface area contributed by atoms with E-state index < -0.39 is 15.9 Å². The average Bonchev–Trinajstić information content (AvgIpc) is 3.30. The van der Waals surface area contributed by atoms with Gasteiger partial charge in [-0.2, -0.15) is 5.10 Å². The summed E-state index contributed by atoms with van der Waals surface area (Å²) in [5.41, 5.74) is 7.96. The maximum Gasteiger partial charge on any atom is 0.273 e. The van der Waals surface area contributed by atoms with Crippen molar-refractivity contribution in [2.45, 2.75) is 32.2 Å². The molecule has 4 aromatic carbocycles. The number of carbonyl (C=O) groups excluding carboxylic acids is 1. The number of halogens is 3. The lowest BCUT2D eigenvalue weighted by Crippen LogP contribution is -2.33. The third-order valence-electron chi connectivity index (χ3n) is 7.27. The van der Waals surface area contributed by atoms with Crippen LogP contribution in [-0.2, 0) is 16.6 Å². The largest absolute Gasteiger partial charge is 0.318 e. The molecule has 11 heteroatoms. The minimum Gasteiger partial charge on any atom is -0.318 e. The normalized spacial score (nSPS) is 11.6. The molecule has 0 saturated carbocycles. The molecular formula is C34H29Cl3N4O3S. The number of aryl methyl sites for hydroxylation is 2. The molecule has 0 fully saturated rings. The van der Waals surface area contributed by atoms with Crippen molar-refractivity contribution in [3.63, 3.8) is 0 Å². The van der Waals surface area contributed by atoms with Crippen molar-refractivity contribution in [1.29, 1.82) is 0 Å². The molecular weight excluding hydrogens is 651 g/mol. The van der Waals surface area contributed by atoms with Crippen LogP contribution in [0.25, 0.3) is 5.69 Å². The highest BCUT2D eigenvalue weighted by molar-refractivity contribution is 7.92. The molecule has 1 N–H and O–H groups in total. The Labute approximate surface area is 277 Å². The Hall–Kier alpha value is -4.08. The number of amides is 1.